The highest BCUT2D eigenvalue weighted by molar-refractivity contribution is 5.46. The quantitative estimate of drug-likeness (QED) is 0.408. The van der Waals surface area contributed by atoms with E-state index in [0.717, 1.165) is 25.9 Å². The summed E-state index contributed by atoms with van der Waals surface area (Å²) in [5.74, 6) is 0. The molecule has 0 aliphatic rings. The molecule has 0 unspecified atom stereocenters. The molecule has 0 aromatic carbocycles. The van der Waals surface area contributed by atoms with E-state index in [1.54, 1.807) is 11.9 Å². The number of hydrogen-bond acceptors (Lipinski definition) is 2. The van der Waals surface area contributed by atoms with E-state index >= 15 is 0 Å². The Morgan fingerprint density at radius 3 is 2.73 bits per heavy atom. The van der Waals surface area contributed by atoms with Crippen molar-refractivity contribution in [2.75, 3.05) is 26.8 Å². The molecule has 0 saturated carbocycles. The van der Waals surface area contributed by atoms with Crippen LogP contribution in [0.2, 0.25) is 0 Å². The maximum Gasteiger partial charge on any atom is 0.209 e. The zero-order valence-corrected chi connectivity index (χ0v) is 7.38. The number of unbranched alkanes of at least 4 members (excludes halogenated alkanes) is 1. The molecule has 3 heteroatoms. The van der Waals surface area contributed by atoms with Gasteiger partial charge < -0.3 is 9.64 Å². The predicted molar refractivity (Wildman–Crippen MR) is 44.4 cm³/mol. The minimum atomic E-state index is 0.648. The van der Waals surface area contributed by atoms with Gasteiger partial charge in [0.1, 0.15) is 0 Å². The Hall–Kier alpha value is -0.570. The molecule has 0 bridgehead atoms. The lowest BCUT2D eigenvalue weighted by Gasteiger charge is -2.09. The molecule has 0 aliphatic carbocycles. The number of hydrogen-bond donors (Lipinski definition) is 0. The predicted octanol–water partition coefficient (Wildman–Crippen LogP) is 0.891. The van der Waals surface area contributed by atoms with Gasteiger partial charge in [0.2, 0.25) is 6.41 Å². The van der Waals surface area contributed by atoms with Crippen LogP contribution < -0.4 is 0 Å². The minimum absolute atomic E-state index is 0.648. The zero-order chi connectivity index (χ0) is 8.53. The largest absolute Gasteiger partial charge is 0.380 e. The normalized spacial score (nSPS) is 9.64. The molecule has 0 N–H and O–H groups in total. The number of ether oxygens (including phenoxy) is 1. The van der Waals surface area contributed by atoms with E-state index in [9.17, 15) is 4.79 Å². The number of carbonyl (C=O) groups is 1. The molecule has 0 atom stereocenters. The first-order chi connectivity index (χ1) is 5.31. The standard InChI is InChI=1S/C8H17NO2/c1-3-4-6-11-7-5-9(2)8-10/h8H,3-7H2,1-2H3. The summed E-state index contributed by atoms with van der Waals surface area (Å²) < 4.78 is 5.25. The highest BCUT2D eigenvalue weighted by atomic mass is 16.5. The second-order valence-corrected chi connectivity index (χ2v) is 2.55. The van der Waals surface area contributed by atoms with E-state index < -0.39 is 0 Å². The van der Waals surface area contributed by atoms with E-state index in [4.69, 9.17) is 4.74 Å². The summed E-state index contributed by atoms with van der Waals surface area (Å²) in [6.45, 7) is 4.27. The average Bonchev–Trinajstić information content (AvgIpc) is 2.04. The minimum Gasteiger partial charge on any atom is -0.380 e. The van der Waals surface area contributed by atoms with E-state index in [1.165, 1.54) is 0 Å². The van der Waals surface area contributed by atoms with Crippen molar-refractivity contribution >= 4 is 6.41 Å². The van der Waals surface area contributed by atoms with Crippen molar-refractivity contribution in [3.05, 3.63) is 0 Å². The molecule has 3 nitrogen and oxygen atoms in total. The lowest BCUT2D eigenvalue weighted by atomic mass is 10.4. The van der Waals surface area contributed by atoms with Gasteiger partial charge in [0.05, 0.1) is 6.61 Å². The maximum absolute atomic E-state index is 10.1. The molecule has 0 radical (unpaired) electrons. The Morgan fingerprint density at radius 1 is 1.45 bits per heavy atom. The third-order valence-corrected chi connectivity index (χ3v) is 1.41. The van der Waals surface area contributed by atoms with E-state index in [2.05, 4.69) is 6.92 Å². The van der Waals surface area contributed by atoms with Crippen molar-refractivity contribution in [2.24, 2.45) is 0 Å². The summed E-state index contributed by atoms with van der Waals surface area (Å²) in [5.41, 5.74) is 0. The lowest BCUT2D eigenvalue weighted by molar-refractivity contribution is -0.117. The number of amides is 1. The van der Waals surface area contributed by atoms with Crippen LogP contribution in [0.15, 0.2) is 0 Å². The van der Waals surface area contributed by atoms with Gasteiger partial charge in [-0.1, -0.05) is 13.3 Å². The fraction of sp³-hybridized carbons (Fsp3) is 0.875. The van der Waals surface area contributed by atoms with Gasteiger partial charge in [0, 0.05) is 20.2 Å². The van der Waals surface area contributed by atoms with Crippen LogP contribution in [0.25, 0.3) is 0 Å². The second-order valence-electron chi connectivity index (χ2n) is 2.55. The molecule has 0 aromatic heterocycles. The summed E-state index contributed by atoms with van der Waals surface area (Å²) in [4.78, 5) is 11.7. The zero-order valence-electron chi connectivity index (χ0n) is 7.38. The van der Waals surface area contributed by atoms with Crippen molar-refractivity contribution in [1.82, 2.24) is 4.90 Å². The second kappa shape index (κ2) is 7.54. The molecule has 0 aliphatic heterocycles. The highest BCUT2D eigenvalue weighted by Crippen LogP contribution is 1.87. The maximum atomic E-state index is 10.1. The van der Waals surface area contributed by atoms with Gasteiger partial charge in [0.15, 0.2) is 0 Å². The highest BCUT2D eigenvalue weighted by Gasteiger charge is 1.91. The number of carbonyl (C=O) groups excluding carboxylic acids is 1. The molecule has 1 amide bonds. The van der Waals surface area contributed by atoms with E-state index in [-0.39, 0.29) is 0 Å². The van der Waals surface area contributed by atoms with E-state index in [0.29, 0.717) is 13.2 Å². The van der Waals surface area contributed by atoms with Crippen LogP contribution in [-0.4, -0.2) is 38.1 Å². The summed E-state index contributed by atoms with van der Waals surface area (Å²) in [6.07, 6.45) is 3.07. The van der Waals surface area contributed by atoms with Crippen molar-refractivity contribution < 1.29 is 9.53 Å². The van der Waals surface area contributed by atoms with Crippen LogP contribution in [-0.2, 0) is 9.53 Å². The third-order valence-electron chi connectivity index (χ3n) is 1.41. The van der Waals surface area contributed by atoms with Crippen molar-refractivity contribution in [1.29, 1.82) is 0 Å². The molecule has 0 saturated heterocycles. The van der Waals surface area contributed by atoms with E-state index in [1.807, 2.05) is 0 Å². The summed E-state index contributed by atoms with van der Waals surface area (Å²) in [6, 6.07) is 0. The van der Waals surface area contributed by atoms with Crippen LogP contribution >= 0.6 is 0 Å². The SMILES string of the molecule is CCCCOCCN(C)C=O. The Morgan fingerprint density at radius 2 is 2.18 bits per heavy atom. The molecule has 0 aromatic rings. The molecular weight excluding hydrogens is 142 g/mol. The third kappa shape index (κ3) is 7.33. The molecule has 0 fully saturated rings. The van der Waals surface area contributed by atoms with Crippen LogP contribution in [0.3, 0.4) is 0 Å². The molecule has 0 spiro atoms. The first-order valence-electron chi connectivity index (χ1n) is 4.04. The number of nitrogens with zero attached hydrogens (tertiary/aromatic N) is 1. The average molecular weight is 159 g/mol. The molecule has 11 heavy (non-hydrogen) atoms. The van der Waals surface area contributed by atoms with Crippen LogP contribution in [0.5, 0.6) is 0 Å². The van der Waals surface area contributed by atoms with Gasteiger partial charge in [-0.05, 0) is 6.42 Å². The van der Waals surface area contributed by atoms with Crippen molar-refractivity contribution in [3.8, 4) is 0 Å². The topological polar surface area (TPSA) is 29.5 Å². The Bertz CT molecular complexity index is 96.1. The fourth-order valence-electron chi connectivity index (χ4n) is 0.610. The van der Waals surface area contributed by atoms with Crippen LogP contribution in [0.4, 0.5) is 0 Å². The van der Waals surface area contributed by atoms with Gasteiger partial charge in [-0.15, -0.1) is 0 Å². The monoisotopic (exact) mass is 159 g/mol. The summed E-state index contributed by atoms with van der Waals surface area (Å²) >= 11 is 0. The number of likely N-dealkylation sites (N-methyl/N-ethyl adjacent to an activating group) is 1. The smallest absolute Gasteiger partial charge is 0.209 e. The van der Waals surface area contributed by atoms with Crippen LogP contribution in [0.1, 0.15) is 19.8 Å². The van der Waals surface area contributed by atoms with Crippen LogP contribution in [0, 0.1) is 0 Å². The Labute approximate surface area is 68.3 Å². The summed E-state index contributed by atoms with van der Waals surface area (Å²) in [5, 5.41) is 0. The Kier molecular flexibility index (Phi) is 7.15. The number of rotatable bonds is 7. The van der Waals surface area contributed by atoms with Gasteiger partial charge in [0.25, 0.3) is 0 Å². The lowest BCUT2D eigenvalue weighted by Crippen LogP contribution is -2.21. The van der Waals surface area contributed by atoms with Gasteiger partial charge in [-0.3, -0.25) is 4.79 Å². The first kappa shape index (κ1) is 10.4. The van der Waals surface area contributed by atoms with Crippen molar-refractivity contribution in [3.63, 3.8) is 0 Å². The van der Waals surface area contributed by atoms with Gasteiger partial charge in [-0.2, -0.15) is 0 Å². The fourth-order valence-corrected chi connectivity index (χ4v) is 0.610. The summed E-state index contributed by atoms with van der Waals surface area (Å²) in [7, 11) is 1.75. The Balaban J connectivity index is 2.95. The van der Waals surface area contributed by atoms with Gasteiger partial charge in [-0.25, -0.2) is 0 Å². The molecule has 0 rings (SSSR count). The molecular formula is C8H17NO2. The molecule has 0 heterocycles. The molecule has 66 valence electrons. The first-order valence-corrected chi connectivity index (χ1v) is 4.04. The van der Waals surface area contributed by atoms with Gasteiger partial charge >= 0.3 is 0 Å². The van der Waals surface area contributed by atoms with Crippen molar-refractivity contribution in [2.45, 2.75) is 19.8 Å².